The van der Waals surface area contributed by atoms with Crippen molar-refractivity contribution in [2.75, 3.05) is 0 Å². The van der Waals surface area contributed by atoms with Crippen LogP contribution in [-0.2, 0) is 0 Å². The molecule has 33 aromatic rings. The summed E-state index contributed by atoms with van der Waals surface area (Å²) in [6.45, 7) is 0. The molecule has 0 unspecified atom stereocenters. The van der Waals surface area contributed by atoms with E-state index in [0.717, 1.165) is 110 Å². The number of furan rings is 1. The van der Waals surface area contributed by atoms with Crippen molar-refractivity contribution in [3.63, 3.8) is 0 Å². The molecule has 9 aromatic heterocycles. The van der Waals surface area contributed by atoms with Crippen LogP contribution in [0.5, 0.6) is 0 Å². The Bertz CT molecular complexity index is 11200. The first kappa shape index (κ1) is 84.8. The highest BCUT2D eigenvalue weighted by Crippen LogP contribution is 2.51. The molecule has 0 aliphatic carbocycles. The van der Waals surface area contributed by atoms with Crippen LogP contribution in [0.3, 0.4) is 0 Å². The van der Waals surface area contributed by atoms with Gasteiger partial charge in [-0.2, -0.15) is 29.9 Å². The molecule has 150 heavy (non-hydrogen) atoms. The topological polar surface area (TPSA) is 144 Å². The summed E-state index contributed by atoms with van der Waals surface area (Å²) in [4.78, 5) is 47.3. The Labute approximate surface area is 863 Å². The van der Waals surface area contributed by atoms with Gasteiger partial charge in [-0.3, -0.25) is 13.7 Å². The van der Waals surface area contributed by atoms with Crippen LogP contribution in [-0.4, -0.2) is 58.6 Å². The van der Waals surface area contributed by atoms with Crippen molar-refractivity contribution in [3.05, 3.63) is 473 Å². The standard InChI is InChI=1S/C45H26N4O.2C45H26N4S/c1-2-13-28(14-3-1)43-46-44(29-23-25-39-36(26-29)33-18-10-11-21-38(33)50-39)48-45(47-43)49-37-24-22-27-12-4-5-15-30(27)40(37)41-34-19-8-6-16-31(34)32-17-7-9-20-35(32)42(41)49;1-2-13-28(14-3-1)43-46-44(29-23-25-39-37(26-29)33-18-10-11-21-38(33)50-39)48-45(47-43)49-41-30-15-5-4-12-27(30)22-24-36(41)40-34-19-8-6-16-31(34)32-17-7-9-20-35(32)42(40)49;1-2-12-27(13-3-1)43-46-44(30-22-23-40-36(25-30)33-18-10-11-21-39(33)50-40)48-45(47-43)49-38-26-29-15-5-4-14-28(29)24-37(38)41-34-19-8-6-16-31(34)32-17-7-9-20-35(32)42(41)49/h3*1-26H. The number of benzene rings is 24. The molecule has 0 N–H and O–H groups in total. The summed E-state index contributed by atoms with van der Waals surface area (Å²) in [6, 6.07) is 167. The van der Waals surface area contributed by atoms with Gasteiger partial charge in [0, 0.05) is 138 Å². The predicted molar refractivity (Wildman–Crippen MR) is 626 cm³/mol. The molecule has 0 radical (unpaired) electrons. The molecule has 0 bridgehead atoms. The van der Waals surface area contributed by atoms with E-state index in [-0.39, 0.29) is 0 Å². The molecule has 696 valence electrons. The van der Waals surface area contributed by atoms with Gasteiger partial charge in [0.2, 0.25) is 17.8 Å². The summed E-state index contributed by atoms with van der Waals surface area (Å²) < 4.78 is 18.1. The Kier molecular flexibility index (Phi) is 19.2. The number of aromatic nitrogens is 12. The Morgan fingerprint density at radius 1 is 0.153 bits per heavy atom. The molecule has 0 amide bonds. The highest BCUT2D eigenvalue weighted by molar-refractivity contribution is 7.26. The lowest BCUT2D eigenvalue weighted by atomic mass is 9.95. The third kappa shape index (κ3) is 13.4. The SMILES string of the molecule is c1ccc(-c2nc(-c3ccc4oc5ccccc5c4c3)nc(-n3c4ccc5ccccc5c4c4c5ccccc5c5ccccc5c43)n2)cc1.c1ccc(-c2nc(-c3ccc4sc5ccccc5c4c3)nc(-n3c4c5ccccc5ccc4c4c5ccccc5c5ccccc5c43)n2)cc1.c1ccc(-c2nc(-c3ccc4sc5ccccc5c4c3)nc(-n3c4cc5ccccc5cc4c4c5ccccc5c5ccccc5c43)n2)cc1. The van der Waals surface area contributed by atoms with Crippen LogP contribution >= 0.6 is 22.7 Å². The highest BCUT2D eigenvalue weighted by atomic mass is 32.1. The van der Waals surface area contributed by atoms with Gasteiger partial charge in [0.15, 0.2) is 34.9 Å². The van der Waals surface area contributed by atoms with Crippen LogP contribution in [0.2, 0.25) is 0 Å². The van der Waals surface area contributed by atoms with E-state index in [9.17, 15) is 0 Å². The van der Waals surface area contributed by atoms with Crippen LogP contribution < -0.4 is 0 Å². The van der Waals surface area contributed by atoms with Gasteiger partial charge in [-0.1, -0.05) is 382 Å². The number of hydrogen-bond acceptors (Lipinski definition) is 12. The van der Waals surface area contributed by atoms with Crippen LogP contribution in [0, 0.1) is 0 Å². The minimum atomic E-state index is 0.571. The highest BCUT2D eigenvalue weighted by Gasteiger charge is 2.30. The molecule has 0 spiro atoms. The Hall–Kier alpha value is -19.7. The van der Waals surface area contributed by atoms with Crippen molar-refractivity contribution in [2.45, 2.75) is 0 Å². The second-order valence-electron chi connectivity index (χ2n) is 38.4. The van der Waals surface area contributed by atoms with Gasteiger partial charge in [0.1, 0.15) is 11.2 Å². The van der Waals surface area contributed by atoms with Crippen molar-refractivity contribution < 1.29 is 4.42 Å². The van der Waals surface area contributed by atoms with Gasteiger partial charge >= 0.3 is 0 Å². The molecule has 9 heterocycles. The fourth-order valence-corrected chi connectivity index (χ4v) is 25.6. The van der Waals surface area contributed by atoms with Gasteiger partial charge in [0.05, 0.1) is 33.1 Å². The lowest BCUT2D eigenvalue weighted by molar-refractivity contribution is 0.669. The second-order valence-corrected chi connectivity index (χ2v) is 40.6. The van der Waals surface area contributed by atoms with E-state index >= 15 is 0 Å². The number of rotatable bonds is 9. The Morgan fingerprint density at radius 2 is 0.473 bits per heavy atom. The zero-order valence-corrected chi connectivity index (χ0v) is 81.8. The summed E-state index contributed by atoms with van der Waals surface area (Å²) in [5, 5.41) is 35.7. The first-order chi connectivity index (χ1) is 74.4. The minimum Gasteiger partial charge on any atom is -0.456 e. The summed E-state index contributed by atoms with van der Waals surface area (Å²) in [7, 11) is 0. The number of fused-ring (bicyclic) bond motifs is 38. The molecular formula is C135H78N12OS2. The Morgan fingerprint density at radius 3 is 0.967 bits per heavy atom. The molecule has 33 rings (SSSR count). The number of hydrogen-bond donors (Lipinski definition) is 0. The number of nitrogens with zero attached hydrogens (tertiary/aromatic N) is 12. The van der Waals surface area contributed by atoms with Gasteiger partial charge in [-0.25, -0.2) is 15.0 Å². The zero-order valence-electron chi connectivity index (χ0n) is 80.1. The minimum absolute atomic E-state index is 0.571. The van der Waals surface area contributed by atoms with Crippen LogP contribution in [0.15, 0.2) is 478 Å². The molecule has 0 aliphatic rings. The second kappa shape index (κ2) is 34.0. The van der Waals surface area contributed by atoms with Crippen molar-refractivity contribution in [1.82, 2.24) is 58.6 Å². The lowest BCUT2D eigenvalue weighted by Crippen LogP contribution is -2.07. The van der Waals surface area contributed by atoms with Crippen molar-refractivity contribution in [2.24, 2.45) is 0 Å². The van der Waals surface area contributed by atoms with Crippen LogP contribution in [0.4, 0.5) is 0 Å². The maximum absolute atomic E-state index is 6.17. The van der Waals surface area contributed by atoms with Crippen LogP contribution in [0.1, 0.15) is 0 Å². The van der Waals surface area contributed by atoms with Gasteiger partial charge in [0.25, 0.3) is 0 Å². The fraction of sp³-hybridized carbons (Fsp3) is 0. The largest absolute Gasteiger partial charge is 0.456 e. The number of para-hydroxylation sites is 1. The van der Waals surface area contributed by atoms with E-state index in [4.69, 9.17) is 49.3 Å². The molecular weight excluding hydrogens is 1870 g/mol. The van der Waals surface area contributed by atoms with Crippen molar-refractivity contribution in [1.29, 1.82) is 0 Å². The van der Waals surface area contributed by atoms with E-state index in [1.165, 1.54) is 148 Å². The van der Waals surface area contributed by atoms with Gasteiger partial charge < -0.3 is 4.42 Å². The summed E-state index contributed by atoms with van der Waals surface area (Å²) in [5.41, 5.74) is 13.8. The van der Waals surface area contributed by atoms with E-state index in [0.29, 0.717) is 52.8 Å². The van der Waals surface area contributed by atoms with Crippen molar-refractivity contribution in [3.8, 4) is 86.2 Å². The quantitative estimate of drug-likeness (QED) is 0.128. The molecule has 0 aliphatic heterocycles. The third-order valence-corrected chi connectivity index (χ3v) is 32.3. The predicted octanol–water partition coefficient (Wildman–Crippen LogP) is 35.9. The van der Waals surface area contributed by atoms with Crippen molar-refractivity contribution >= 4 is 247 Å². The first-order valence-corrected chi connectivity index (χ1v) is 52.0. The first-order valence-electron chi connectivity index (χ1n) is 50.4. The summed E-state index contributed by atoms with van der Waals surface area (Å²) in [5.74, 6) is 5.55. The monoisotopic (exact) mass is 1950 g/mol. The van der Waals surface area contributed by atoms with E-state index in [1.54, 1.807) is 0 Å². The fourth-order valence-electron chi connectivity index (χ4n) is 23.4. The number of thiophene rings is 2. The van der Waals surface area contributed by atoms with E-state index < -0.39 is 0 Å². The van der Waals surface area contributed by atoms with E-state index in [2.05, 4.69) is 402 Å². The smallest absolute Gasteiger partial charge is 0.238 e. The molecule has 15 heteroatoms. The van der Waals surface area contributed by atoms with Gasteiger partial charge in [-0.15, -0.1) is 22.7 Å². The summed E-state index contributed by atoms with van der Waals surface area (Å²) >= 11 is 3.63. The van der Waals surface area contributed by atoms with E-state index in [1.807, 2.05) is 108 Å². The molecule has 13 nitrogen and oxygen atoms in total. The Balaban J connectivity index is 0.000000101. The molecule has 0 fully saturated rings. The average molecular weight is 1950 g/mol. The zero-order chi connectivity index (χ0) is 98.3. The molecule has 0 atom stereocenters. The summed E-state index contributed by atoms with van der Waals surface area (Å²) in [6.07, 6.45) is 0. The van der Waals surface area contributed by atoms with Crippen LogP contribution in [0.25, 0.3) is 311 Å². The molecule has 0 saturated carbocycles. The average Bonchev–Trinajstić information content (AvgIpc) is 1.54. The molecule has 24 aromatic carbocycles. The maximum atomic E-state index is 6.17. The maximum Gasteiger partial charge on any atom is 0.238 e. The lowest BCUT2D eigenvalue weighted by Gasteiger charge is -2.13. The normalized spacial score (nSPS) is 12.0. The third-order valence-electron chi connectivity index (χ3n) is 30.0. The molecule has 0 saturated heterocycles. The van der Waals surface area contributed by atoms with Gasteiger partial charge in [-0.05, 0) is 166 Å².